The Kier molecular flexibility index (Phi) is 6.77. The lowest BCUT2D eigenvalue weighted by Crippen LogP contribution is -2.14. The van der Waals surface area contributed by atoms with Crippen LogP contribution in [0.4, 0.5) is 17.6 Å². The van der Waals surface area contributed by atoms with Crippen LogP contribution in [0.5, 0.6) is 0 Å². The summed E-state index contributed by atoms with van der Waals surface area (Å²) >= 11 is 0. The van der Waals surface area contributed by atoms with Crippen LogP contribution in [0.25, 0.3) is 0 Å². The molecule has 9 heteroatoms. The Bertz CT molecular complexity index is 234. The molecule has 0 aromatic rings. The summed E-state index contributed by atoms with van der Waals surface area (Å²) in [6.45, 7) is -1.48. The summed E-state index contributed by atoms with van der Waals surface area (Å²) in [6.07, 6.45) is -6.92. The van der Waals surface area contributed by atoms with E-state index in [1.54, 1.807) is 0 Å². The van der Waals surface area contributed by atoms with Gasteiger partial charge in [-0.15, -0.1) is 0 Å². The van der Waals surface area contributed by atoms with E-state index in [2.05, 4.69) is 8.37 Å². The van der Waals surface area contributed by atoms with E-state index in [4.69, 9.17) is 0 Å². The summed E-state index contributed by atoms with van der Waals surface area (Å²) in [5, 5.41) is 0. The monoisotopic (exact) mass is 254 g/mol. The van der Waals surface area contributed by atoms with E-state index in [9.17, 15) is 26.0 Å². The van der Waals surface area contributed by atoms with Crippen molar-refractivity contribution in [1.82, 2.24) is 0 Å². The van der Waals surface area contributed by atoms with Crippen molar-refractivity contribution in [3.63, 3.8) is 0 Å². The minimum Gasteiger partial charge on any atom is -0.248 e. The van der Waals surface area contributed by atoms with Gasteiger partial charge in [0, 0.05) is 12.8 Å². The fourth-order valence-corrected chi connectivity index (χ4v) is 1.18. The van der Waals surface area contributed by atoms with Crippen molar-refractivity contribution in [3.8, 4) is 0 Å². The van der Waals surface area contributed by atoms with E-state index in [1.807, 2.05) is 0 Å². The molecule has 4 nitrogen and oxygen atoms in total. The van der Waals surface area contributed by atoms with Crippen LogP contribution in [0, 0.1) is 0 Å². The molecule has 0 radical (unpaired) electrons. The van der Waals surface area contributed by atoms with Crippen LogP contribution in [0.3, 0.4) is 0 Å². The van der Waals surface area contributed by atoms with E-state index < -0.39 is 49.3 Å². The van der Waals surface area contributed by atoms with Crippen LogP contribution in [-0.2, 0) is 18.8 Å². The molecule has 92 valence electrons. The lowest BCUT2D eigenvalue weighted by atomic mass is 10.5. The second kappa shape index (κ2) is 6.96. The van der Waals surface area contributed by atoms with Crippen molar-refractivity contribution in [2.45, 2.75) is 25.7 Å². The molecule has 0 amide bonds. The molecule has 0 saturated heterocycles. The van der Waals surface area contributed by atoms with Gasteiger partial charge in [0.2, 0.25) is 12.9 Å². The first-order valence-corrected chi connectivity index (χ1v) is 5.27. The van der Waals surface area contributed by atoms with Crippen LogP contribution in [0.1, 0.15) is 12.8 Å². The van der Waals surface area contributed by atoms with E-state index >= 15 is 0 Å². The SMILES string of the molecule is O=S(=O)(OCCC(F)F)OCCC(F)F. The lowest BCUT2D eigenvalue weighted by Gasteiger charge is -2.05. The third kappa shape index (κ3) is 9.88. The smallest absolute Gasteiger partial charge is 0.248 e. The topological polar surface area (TPSA) is 52.6 Å². The number of alkyl halides is 4. The molecule has 0 atom stereocenters. The van der Waals surface area contributed by atoms with Gasteiger partial charge in [-0.2, -0.15) is 8.42 Å². The first-order chi connectivity index (χ1) is 6.83. The predicted molar refractivity (Wildman–Crippen MR) is 42.1 cm³/mol. The van der Waals surface area contributed by atoms with Crippen molar-refractivity contribution in [2.24, 2.45) is 0 Å². The van der Waals surface area contributed by atoms with Crippen LogP contribution < -0.4 is 0 Å². The summed E-state index contributed by atoms with van der Waals surface area (Å²) in [7, 11) is -4.44. The van der Waals surface area contributed by atoms with Crippen molar-refractivity contribution >= 4 is 10.4 Å². The Morgan fingerprint density at radius 3 is 1.47 bits per heavy atom. The van der Waals surface area contributed by atoms with E-state index in [-0.39, 0.29) is 0 Å². The van der Waals surface area contributed by atoms with Gasteiger partial charge in [-0.3, -0.25) is 0 Å². The Morgan fingerprint density at radius 2 is 1.20 bits per heavy atom. The maximum atomic E-state index is 11.6. The fourth-order valence-electron chi connectivity index (χ4n) is 0.513. The lowest BCUT2D eigenvalue weighted by molar-refractivity contribution is 0.0971. The van der Waals surface area contributed by atoms with Gasteiger partial charge in [-0.1, -0.05) is 0 Å². The number of hydrogen-bond acceptors (Lipinski definition) is 4. The molecule has 0 aliphatic carbocycles. The minimum absolute atomic E-state index is 0.741. The van der Waals surface area contributed by atoms with Crippen LogP contribution in [0.15, 0.2) is 0 Å². The molecule has 0 aromatic heterocycles. The Labute approximate surface area is 84.5 Å². The molecule has 0 unspecified atom stereocenters. The van der Waals surface area contributed by atoms with Gasteiger partial charge in [0.05, 0.1) is 13.2 Å². The number of rotatable bonds is 8. The zero-order valence-corrected chi connectivity index (χ0v) is 8.35. The highest BCUT2D eigenvalue weighted by molar-refractivity contribution is 7.81. The zero-order valence-electron chi connectivity index (χ0n) is 7.54. The van der Waals surface area contributed by atoms with Gasteiger partial charge in [0.15, 0.2) is 0 Å². The van der Waals surface area contributed by atoms with Gasteiger partial charge in [-0.05, 0) is 0 Å². The highest BCUT2D eigenvalue weighted by atomic mass is 32.3. The molecule has 0 rings (SSSR count). The maximum Gasteiger partial charge on any atom is 0.399 e. The molecule has 0 N–H and O–H groups in total. The summed E-state index contributed by atoms with van der Waals surface area (Å²) in [6, 6.07) is 0. The zero-order chi connectivity index (χ0) is 11.9. The summed E-state index contributed by atoms with van der Waals surface area (Å²) in [5.41, 5.74) is 0. The number of halogens is 4. The Morgan fingerprint density at radius 1 is 0.867 bits per heavy atom. The normalized spacial score (nSPS) is 12.7. The Hall–Kier alpha value is -0.410. The standard InChI is InChI=1S/C6H10F4O4S/c7-5(8)1-3-13-15(11,12)14-4-2-6(9)10/h5-6H,1-4H2. The van der Waals surface area contributed by atoms with Gasteiger partial charge in [-0.25, -0.2) is 25.9 Å². The van der Waals surface area contributed by atoms with Crippen molar-refractivity contribution in [2.75, 3.05) is 13.2 Å². The highest BCUT2D eigenvalue weighted by Crippen LogP contribution is 2.05. The highest BCUT2D eigenvalue weighted by Gasteiger charge is 2.14. The van der Waals surface area contributed by atoms with Crippen molar-refractivity contribution in [1.29, 1.82) is 0 Å². The molecule has 0 bridgehead atoms. The second-order valence-corrected chi connectivity index (χ2v) is 3.70. The van der Waals surface area contributed by atoms with Crippen LogP contribution in [0.2, 0.25) is 0 Å². The maximum absolute atomic E-state index is 11.6. The third-order valence-electron chi connectivity index (χ3n) is 1.13. The van der Waals surface area contributed by atoms with E-state index in [0.717, 1.165) is 0 Å². The van der Waals surface area contributed by atoms with Gasteiger partial charge in [0.25, 0.3) is 0 Å². The van der Waals surface area contributed by atoms with Crippen molar-refractivity contribution in [3.05, 3.63) is 0 Å². The van der Waals surface area contributed by atoms with Gasteiger partial charge >= 0.3 is 10.4 Å². The molecular formula is C6H10F4O4S. The molecule has 0 fully saturated rings. The molecule has 15 heavy (non-hydrogen) atoms. The molecule has 0 aliphatic rings. The quantitative estimate of drug-likeness (QED) is 0.617. The van der Waals surface area contributed by atoms with Crippen LogP contribution >= 0.6 is 0 Å². The largest absolute Gasteiger partial charge is 0.399 e. The van der Waals surface area contributed by atoms with Gasteiger partial charge < -0.3 is 0 Å². The van der Waals surface area contributed by atoms with E-state index in [0.29, 0.717) is 0 Å². The number of hydrogen-bond donors (Lipinski definition) is 0. The Balaban J connectivity index is 3.68. The van der Waals surface area contributed by atoms with Gasteiger partial charge in [0.1, 0.15) is 0 Å². The average molecular weight is 254 g/mol. The first-order valence-electron chi connectivity index (χ1n) is 3.93. The molecule has 0 saturated carbocycles. The predicted octanol–water partition coefficient (Wildman–Crippen LogP) is 1.57. The molecule has 0 heterocycles. The molecular weight excluding hydrogens is 244 g/mol. The molecule has 0 spiro atoms. The summed E-state index contributed by atoms with van der Waals surface area (Å²) in [4.78, 5) is 0. The molecule has 0 aromatic carbocycles. The molecule has 0 aliphatic heterocycles. The summed E-state index contributed by atoms with van der Waals surface area (Å²) in [5.74, 6) is 0. The van der Waals surface area contributed by atoms with Crippen molar-refractivity contribution < 1.29 is 34.3 Å². The average Bonchev–Trinajstić information content (AvgIpc) is 2.01. The first kappa shape index (κ1) is 14.6. The van der Waals surface area contributed by atoms with Crippen LogP contribution in [-0.4, -0.2) is 34.5 Å². The summed E-state index contributed by atoms with van der Waals surface area (Å²) < 4.78 is 75.4. The second-order valence-electron chi connectivity index (χ2n) is 2.41. The van der Waals surface area contributed by atoms with E-state index in [1.165, 1.54) is 0 Å². The minimum atomic E-state index is -4.44. The fraction of sp³-hybridized carbons (Fsp3) is 1.00. The third-order valence-corrected chi connectivity index (χ3v) is 2.04.